The molecule has 0 bridgehead atoms. The van der Waals surface area contributed by atoms with Crippen molar-refractivity contribution in [3.05, 3.63) is 18.2 Å². The van der Waals surface area contributed by atoms with Crippen LogP contribution in [0.5, 0.6) is 5.75 Å². The third-order valence-corrected chi connectivity index (χ3v) is 9.25. The van der Waals surface area contributed by atoms with E-state index in [2.05, 4.69) is 15.6 Å². The smallest absolute Gasteiger partial charge is 0.408 e. The van der Waals surface area contributed by atoms with Crippen LogP contribution < -0.4 is 15.4 Å². The second kappa shape index (κ2) is 13.6. The molecule has 10 nitrogen and oxygen atoms in total. The monoisotopic (exact) mass is 606 g/mol. The van der Waals surface area contributed by atoms with Crippen LogP contribution in [0.25, 0.3) is 0 Å². The summed E-state index contributed by atoms with van der Waals surface area (Å²) < 4.78 is 41.2. The number of benzene rings is 1. The maximum atomic E-state index is 15.1. The number of hydrogen-bond acceptors (Lipinski definition) is 8. The summed E-state index contributed by atoms with van der Waals surface area (Å²) in [4.78, 5) is 43.2. The minimum absolute atomic E-state index is 0.00491. The number of aliphatic imine (C=N–C) groups is 1. The molecular formula is C31H44F2N4O6. The van der Waals surface area contributed by atoms with E-state index < -0.39 is 42.0 Å². The number of aliphatic hydroxyl groups excluding tert-OH is 1. The van der Waals surface area contributed by atoms with Crippen molar-refractivity contribution in [1.29, 1.82) is 0 Å². The average molecular weight is 607 g/mol. The normalized spacial score (nSPS) is 26.8. The lowest BCUT2D eigenvalue weighted by atomic mass is 9.87. The van der Waals surface area contributed by atoms with Crippen molar-refractivity contribution in [3.63, 3.8) is 0 Å². The summed E-state index contributed by atoms with van der Waals surface area (Å²) in [6.07, 6.45) is 2.36. The summed E-state index contributed by atoms with van der Waals surface area (Å²) in [5.74, 6) is -3.02. The number of carbonyl (C=O) groups is 3. The highest BCUT2D eigenvalue weighted by atomic mass is 19.3. The van der Waals surface area contributed by atoms with Crippen molar-refractivity contribution in [2.75, 3.05) is 25.5 Å². The van der Waals surface area contributed by atoms with Gasteiger partial charge in [0.1, 0.15) is 23.6 Å². The molecule has 1 saturated carbocycles. The Labute approximate surface area is 251 Å². The Morgan fingerprint density at radius 1 is 1.26 bits per heavy atom. The first-order valence-corrected chi connectivity index (χ1v) is 15.2. The van der Waals surface area contributed by atoms with Gasteiger partial charge in [-0.3, -0.25) is 9.59 Å². The first kappa shape index (κ1) is 32.6. The molecule has 2 aliphatic heterocycles. The van der Waals surface area contributed by atoms with E-state index in [0.29, 0.717) is 42.9 Å². The summed E-state index contributed by atoms with van der Waals surface area (Å²) in [5.41, 5.74) is -0.651. The number of ketones is 1. The molecule has 1 aromatic rings. The van der Waals surface area contributed by atoms with Crippen LogP contribution in [0, 0.1) is 11.8 Å². The first-order chi connectivity index (χ1) is 20.4. The molecule has 4 rings (SSSR count). The van der Waals surface area contributed by atoms with Crippen LogP contribution in [-0.2, 0) is 14.3 Å². The number of methoxy groups -OCH3 is 1. The summed E-state index contributed by atoms with van der Waals surface area (Å²) in [5, 5.41) is 15.6. The zero-order chi connectivity index (χ0) is 31.4. The highest BCUT2D eigenvalue weighted by molar-refractivity contribution is 6.01. The van der Waals surface area contributed by atoms with Crippen molar-refractivity contribution in [2.24, 2.45) is 16.8 Å². The summed E-state index contributed by atoms with van der Waals surface area (Å²) in [6.45, 7) is 5.58. The predicted molar refractivity (Wildman–Crippen MR) is 158 cm³/mol. The van der Waals surface area contributed by atoms with Crippen LogP contribution in [0.2, 0.25) is 0 Å². The molecule has 1 aromatic carbocycles. The standard InChI is InChI=1S/C31H44F2N4O6/c1-5-20-13-16-37(26(20)19(2)38)25(39)18-34-29(41)43-30(3)14-8-10-21(30)9-6-7-15-31(32,33)27-28(40)36-24-17-22(42-4)11-12-23(24)35-27/h11-12,17,20-21,26,28,36,40H,5-10,13-16,18H2,1-4H3,(H,34,41)/t20-,21-,26-,28?,30?/m1/s1. The lowest BCUT2D eigenvalue weighted by Gasteiger charge is -2.32. The second-order valence-corrected chi connectivity index (χ2v) is 12.1. The number of hydrogen-bond donors (Lipinski definition) is 3. The van der Waals surface area contributed by atoms with Gasteiger partial charge in [-0.05, 0) is 76.3 Å². The zero-order valence-corrected chi connectivity index (χ0v) is 25.5. The van der Waals surface area contributed by atoms with Gasteiger partial charge in [0, 0.05) is 19.0 Å². The Balaban J connectivity index is 1.25. The number of rotatable bonds is 12. The van der Waals surface area contributed by atoms with Gasteiger partial charge >= 0.3 is 6.09 Å². The van der Waals surface area contributed by atoms with Crippen LogP contribution in [0.3, 0.4) is 0 Å². The molecule has 43 heavy (non-hydrogen) atoms. The number of ether oxygens (including phenoxy) is 2. The second-order valence-electron chi connectivity index (χ2n) is 12.1. The number of alkyl halides is 2. The molecule has 0 radical (unpaired) electrons. The fourth-order valence-corrected chi connectivity index (χ4v) is 6.81. The molecule has 2 heterocycles. The molecular weight excluding hydrogens is 562 g/mol. The van der Waals surface area contributed by atoms with Gasteiger partial charge in [0.25, 0.3) is 5.92 Å². The van der Waals surface area contributed by atoms with Crippen LogP contribution in [0.4, 0.5) is 25.0 Å². The number of nitrogens with one attached hydrogen (secondary N) is 2. The molecule has 0 aromatic heterocycles. The predicted octanol–water partition coefficient (Wildman–Crippen LogP) is 5.21. The van der Waals surface area contributed by atoms with Gasteiger partial charge in [-0.2, -0.15) is 8.78 Å². The number of alkyl carbamates (subject to hydrolysis) is 1. The number of Topliss-reactive ketones (excluding diaryl/α,β-unsaturated/α-hetero) is 1. The quantitative estimate of drug-likeness (QED) is 0.279. The van der Waals surface area contributed by atoms with Crippen LogP contribution >= 0.6 is 0 Å². The van der Waals surface area contributed by atoms with Gasteiger partial charge in [0.05, 0.1) is 24.5 Å². The number of unbranched alkanes of at least 4 members (excludes halogenated alkanes) is 1. The third-order valence-electron chi connectivity index (χ3n) is 9.25. The number of fused-ring (bicyclic) bond motifs is 1. The van der Waals surface area contributed by atoms with E-state index in [1.54, 1.807) is 23.1 Å². The molecule has 1 aliphatic carbocycles. The van der Waals surface area contributed by atoms with Gasteiger partial charge in [-0.25, -0.2) is 9.79 Å². The molecule has 3 aliphatic rings. The van der Waals surface area contributed by atoms with E-state index >= 15 is 8.78 Å². The van der Waals surface area contributed by atoms with Gasteiger partial charge in [-0.1, -0.05) is 19.8 Å². The highest BCUT2D eigenvalue weighted by Crippen LogP contribution is 2.42. The average Bonchev–Trinajstić information content (AvgIpc) is 3.56. The van der Waals surface area contributed by atoms with E-state index in [0.717, 1.165) is 25.7 Å². The van der Waals surface area contributed by atoms with Crippen LogP contribution in [-0.4, -0.2) is 77.5 Å². The van der Waals surface area contributed by atoms with Gasteiger partial charge in [0.15, 0.2) is 12.0 Å². The molecule has 1 saturated heterocycles. The van der Waals surface area contributed by atoms with Crippen LogP contribution in [0.15, 0.2) is 23.2 Å². The number of carbonyl (C=O) groups excluding carboxylic acids is 3. The number of aliphatic hydroxyl groups is 1. The molecule has 2 unspecified atom stereocenters. The Morgan fingerprint density at radius 2 is 2.02 bits per heavy atom. The van der Waals surface area contributed by atoms with E-state index in [1.807, 2.05) is 13.8 Å². The fourth-order valence-electron chi connectivity index (χ4n) is 6.81. The van der Waals surface area contributed by atoms with Crippen molar-refractivity contribution in [3.8, 4) is 5.75 Å². The maximum absolute atomic E-state index is 15.1. The topological polar surface area (TPSA) is 130 Å². The number of amides is 2. The molecule has 0 spiro atoms. The Bertz CT molecular complexity index is 1230. The molecule has 12 heteroatoms. The molecule has 3 N–H and O–H groups in total. The van der Waals surface area contributed by atoms with Gasteiger partial charge in [0.2, 0.25) is 5.91 Å². The van der Waals surface area contributed by atoms with Crippen molar-refractivity contribution < 1.29 is 37.7 Å². The Kier molecular flexibility index (Phi) is 10.3. The molecule has 5 atom stereocenters. The summed E-state index contributed by atoms with van der Waals surface area (Å²) in [7, 11) is 1.49. The van der Waals surface area contributed by atoms with Crippen molar-refractivity contribution in [2.45, 2.75) is 102 Å². The maximum Gasteiger partial charge on any atom is 0.408 e. The van der Waals surface area contributed by atoms with Gasteiger partial charge in [-0.15, -0.1) is 0 Å². The lowest BCUT2D eigenvalue weighted by molar-refractivity contribution is -0.137. The number of anilines is 1. The van der Waals surface area contributed by atoms with Crippen molar-refractivity contribution in [1.82, 2.24) is 10.2 Å². The number of halogens is 2. The van der Waals surface area contributed by atoms with E-state index in [9.17, 15) is 19.5 Å². The minimum atomic E-state index is -3.31. The SMILES string of the molecule is CC[C@@H]1CCN(C(=O)CNC(=O)OC2(C)CCC[C@H]2CCCCC(F)(F)C2=Nc3ccc(OC)cc3NC2O)[C@@H]1C(C)=O. The molecule has 2 fully saturated rings. The first-order valence-electron chi connectivity index (χ1n) is 15.2. The lowest BCUT2D eigenvalue weighted by Crippen LogP contribution is -2.48. The number of likely N-dealkylation sites (tertiary alicyclic amines) is 1. The van der Waals surface area contributed by atoms with Gasteiger partial charge < -0.3 is 30.1 Å². The Hall–Kier alpha value is -3.28. The fraction of sp³-hybridized carbons (Fsp3) is 0.677. The number of nitrogens with zero attached hydrogens (tertiary/aromatic N) is 2. The Morgan fingerprint density at radius 3 is 2.72 bits per heavy atom. The molecule has 238 valence electrons. The van der Waals surface area contributed by atoms with E-state index in [4.69, 9.17) is 9.47 Å². The zero-order valence-electron chi connectivity index (χ0n) is 25.5. The van der Waals surface area contributed by atoms with Crippen LogP contribution in [0.1, 0.15) is 78.6 Å². The summed E-state index contributed by atoms with van der Waals surface area (Å²) >= 11 is 0. The van der Waals surface area contributed by atoms with E-state index in [-0.39, 0.29) is 36.5 Å². The largest absolute Gasteiger partial charge is 0.497 e. The van der Waals surface area contributed by atoms with Crippen molar-refractivity contribution >= 4 is 34.9 Å². The summed E-state index contributed by atoms with van der Waals surface area (Å²) in [6, 6.07) is 4.32. The highest BCUT2D eigenvalue weighted by Gasteiger charge is 2.44. The molecule has 2 amide bonds. The van der Waals surface area contributed by atoms with E-state index in [1.165, 1.54) is 14.0 Å². The minimum Gasteiger partial charge on any atom is -0.497 e. The third kappa shape index (κ3) is 7.45.